The van der Waals surface area contributed by atoms with Gasteiger partial charge in [-0.1, -0.05) is 29.5 Å². The number of benzene rings is 2. The van der Waals surface area contributed by atoms with Crippen molar-refractivity contribution in [1.29, 1.82) is 0 Å². The van der Waals surface area contributed by atoms with Crippen LogP contribution in [0.1, 0.15) is 37.9 Å². The summed E-state index contributed by atoms with van der Waals surface area (Å²) < 4.78 is 18.4. The number of hydrogen-bond acceptors (Lipinski definition) is 8. The molecule has 0 fully saturated rings. The highest BCUT2D eigenvalue weighted by Crippen LogP contribution is 2.38. The molecule has 0 aliphatic carbocycles. The van der Waals surface area contributed by atoms with Gasteiger partial charge in [-0.15, -0.1) is 0 Å². The number of nitrogens with zero attached hydrogens (tertiary/aromatic N) is 2. The zero-order valence-electron chi connectivity index (χ0n) is 20.1. The molecule has 8 nitrogen and oxygen atoms in total. The molecule has 4 rings (SSSR count). The summed E-state index contributed by atoms with van der Waals surface area (Å²) in [7, 11) is 3.06. The van der Waals surface area contributed by atoms with Crippen LogP contribution in [0.15, 0.2) is 63.5 Å². The van der Waals surface area contributed by atoms with Gasteiger partial charge in [0, 0.05) is 11.1 Å². The first-order valence-corrected chi connectivity index (χ1v) is 11.8. The molecule has 0 spiro atoms. The van der Waals surface area contributed by atoms with Crippen molar-refractivity contribution in [2.24, 2.45) is 4.99 Å². The second-order valence-corrected chi connectivity index (χ2v) is 9.21. The molecule has 0 saturated carbocycles. The fraction of sp³-hybridized carbons (Fsp3) is 0.269. The first-order valence-electron chi connectivity index (χ1n) is 11.0. The van der Waals surface area contributed by atoms with Gasteiger partial charge in [-0.2, -0.15) is 0 Å². The first-order chi connectivity index (χ1) is 16.7. The van der Waals surface area contributed by atoms with E-state index in [2.05, 4.69) is 4.99 Å². The summed E-state index contributed by atoms with van der Waals surface area (Å²) >= 11 is 1.18. The standard InChI is InChI=1S/C26H26N2O6S/c1-14(2)34-25(31)22-15(3)27-26-28(23(22)18-13-17(32-4)10-11-20(18)33-5)24(30)21(35-26)12-16-8-6-7-9-19(16)29/h6-14,23,29H,1-5H3/t23-/m1/s1. The minimum Gasteiger partial charge on any atom is -0.507 e. The number of phenols is 1. The lowest BCUT2D eigenvalue weighted by Crippen LogP contribution is -2.40. The van der Waals surface area contributed by atoms with Crippen LogP contribution in [0, 0.1) is 0 Å². The highest BCUT2D eigenvalue weighted by molar-refractivity contribution is 7.07. The van der Waals surface area contributed by atoms with Gasteiger partial charge in [0.1, 0.15) is 23.3 Å². The summed E-state index contributed by atoms with van der Waals surface area (Å²) in [6, 6.07) is 11.1. The Bertz CT molecular complexity index is 1500. The Hall–Kier alpha value is -3.85. The maximum Gasteiger partial charge on any atom is 0.338 e. The summed E-state index contributed by atoms with van der Waals surface area (Å²) in [5.74, 6) is 0.520. The molecule has 1 aromatic heterocycles. The molecule has 0 unspecified atom stereocenters. The number of methoxy groups -OCH3 is 2. The third-order valence-electron chi connectivity index (χ3n) is 5.54. The molecule has 0 amide bonds. The number of aromatic hydroxyl groups is 1. The lowest BCUT2D eigenvalue weighted by molar-refractivity contribution is -0.143. The quantitative estimate of drug-likeness (QED) is 0.529. The van der Waals surface area contributed by atoms with Crippen molar-refractivity contribution in [1.82, 2.24) is 4.57 Å². The van der Waals surface area contributed by atoms with Crippen LogP contribution >= 0.6 is 11.3 Å². The van der Waals surface area contributed by atoms with E-state index >= 15 is 0 Å². The molecule has 1 atom stereocenters. The van der Waals surface area contributed by atoms with E-state index < -0.39 is 12.0 Å². The highest BCUT2D eigenvalue weighted by Gasteiger charge is 2.35. The molecule has 1 aliphatic heterocycles. The van der Waals surface area contributed by atoms with Gasteiger partial charge in [0.05, 0.1) is 36.1 Å². The predicted molar refractivity (Wildman–Crippen MR) is 133 cm³/mol. The number of allylic oxidation sites excluding steroid dienone is 1. The number of thiazole rings is 1. The number of aromatic nitrogens is 1. The zero-order valence-corrected chi connectivity index (χ0v) is 20.9. The van der Waals surface area contributed by atoms with Crippen LogP contribution in [0.3, 0.4) is 0 Å². The lowest BCUT2D eigenvalue weighted by atomic mass is 9.94. The number of fused-ring (bicyclic) bond motifs is 1. The number of hydrogen-bond donors (Lipinski definition) is 1. The average Bonchev–Trinajstić information content (AvgIpc) is 3.13. The Morgan fingerprint density at radius 3 is 2.57 bits per heavy atom. The number of para-hydroxylation sites is 1. The third kappa shape index (κ3) is 4.59. The van der Waals surface area contributed by atoms with Gasteiger partial charge in [0.15, 0.2) is 4.80 Å². The van der Waals surface area contributed by atoms with E-state index in [0.29, 0.717) is 37.7 Å². The van der Waals surface area contributed by atoms with E-state index in [0.717, 1.165) is 0 Å². The van der Waals surface area contributed by atoms with Crippen LogP contribution in [-0.4, -0.2) is 36.0 Å². The Balaban J connectivity index is 2.03. The van der Waals surface area contributed by atoms with E-state index in [1.807, 2.05) is 0 Å². The largest absolute Gasteiger partial charge is 0.507 e. The highest BCUT2D eigenvalue weighted by atomic mass is 32.1. The van der Waals surface area contributed by atoms with Crippen LogP contribution in [0.5, 0.6) is 17.2 Å². The van der Waals surface area contributed by atoms with Gasteiger partial charge in [-0.3, -0.25) is 9.36 Å². The zero-order chi connectivity index (χ0) is 25.3. The molecule has 0 bridgehead atoms. The second-order valence-electron chi connectivity index (χ2n) is 8.20. The maximum atomic E-state index is 13.7. The van der Waals surface area contributed by atoms with E-state index in [1.165, 1.54) is 23.0 Å². The van der Waals surface area contributed by atoms with Gasteiger partial charge >= 0.3 is 5.97 Å². The number of carbonyl (C=O) groups is 1. The van der Waals surface area contributed by atoms with E-state index in [-0.39, 0.29) is 23.0 Å². The fourth-order valence-corrected chi connectivity index (χ4v) is 5.00. The van der Waals surface area contributed by atoms with E-state index in [9.17, 15) is 14.7 Å². The van der Waals surface area contributed by atoms with Crippen molar-refractivity contribution >= 4 is 23.4 Å². The lowest BCUT2D eigenvalue weighted by Gasteiger charge is -2.26. The third-order valence-corrected chi connectivity index (χ3v) is 6.52. The number of ether oxygens (including phenoxy) is 3. The molecule has 182 valence electrons. The van der Waals surface area contributed by atoms with Crippen molar-refractivity contribution in [3.63, 3.8) is 0 Å². The Kier molecular flexibility index (Phi) is 6.79. The molecule has 0 radical (unpaired) electrons. The van der Waals surface area contributed by atoms with Gasteiger partial charge in [0.25, 0.3) is 5.56 Å². The Labute approximate surface area is 206 Å². The van der Waals surface area contributed by atoms with Crippen LogP contribution < -0.4 is 24.4 Å². The van der Waals surface area contributed by atoms with Crippen LogP contribution in [-0.2, 0) is 9.53 Å². The Morgan fingerprint density at radius 2 is 1.91 bits per heavy atom. The molecule has 1 aliphatic rings. The molecule has 3 aromatic rings. The van der Waals surface area contributed by atoms with Crippen LogP contribution in [0.2, 0.25) is 0 Å². The van der Waals surface area contributed by atoms with Gasteiger partial charge in [-0.05, 0) is 51.1 Å². The summed E-state index contributed by atoms with van der Waals surface area (Å²) in [5.41, 5.74) is 1.40. The van der Waals surface area contributed by atoms with Crippen molar-refractivity contribution in [2.45, 2.75) is 32.9 Å². The van der Waals surface area contributed by atoms with Crippen molar-refractivity contribution < 1.29 is 24.1 Å². The average molecular weight is 495 g/mol. The first kappa shape index (κ1) is 24.3. The summed E-state index contributed by atoms with van der Waals surface area (Å²) in [6.07, 6.45) is 1.26. The molecular weight excluding hydrogens is 468 g/mol. The Morgan fingerprint density at radius 1 is 1.17 bits per heavy atom. The molecule has 35 heavy (non-hydrogen) atoms. The van der Waals surface area contributed by atoms with Crippen molar-refractivity contribution in [3.8, 4) is 17.2 Å². The topological polar surface area (TPSA) is 99.4 Å². The monoisotopic (exact) mass is 494 g/mol. The number of carbonyl (C=O) groups excluding carboxylic acids is 1. The minimum atomic E-state index is -0.853. The van der Waals surface area contributed by atoms with Crippen LogP contribution in [0.25, 0.3) is 6.08 Å². The number of rotatable bonds is 6. The smallest absolute Gasteiger partial charge is 0.338 e. The van der Waals surface area contributed by atoms with E-state index in [1.54, 1.807) is 76.4 Å². The summed E-state index contributed by atoms with van der Waals surface area (Å²) in [5, 5.41) is 10.2. The second kappa shape index (κ2) is 9.79. The van der Waals surface area contributed by atoms with Crippen molar-refractivity contribution in [2.75, 3.05) is 14.2 Å². The van der Waals surface area contributed by atoms with E-state index in [4.69, 9.17) is 14.2 Å². The molecule has 1 N–H and O–H groups in total. The fourth-order valence-electron chi connectivity index (χ4n) is 3.96. The molecule has 2 aromatic carbocycles. The molecule has 9 heteroatoms. The van der Waals surface area contributed by atoms with Gasteiger partial charge in [-0.25, -0.2) is 9.79 Å². The SMILES string of the molecule is COc1ccc(OC)c([C@@H]2C(C(=O)OC(C)C)=C(C)N=c3sc(=Cc4ccccc4O)c(=O)n32)c1. The number of phenolic OH excluding ortho intramolecular Hbond substituents is 1. The van der Waals surface area contributed by atoms with Gasteiger partial charge in [0.2, 0.25) is 0 Å². The normalized spacial score (nSPS) is 15.6. The molecule has 2 heterocycles. The van der Waals surface area contributed by atoms with Crippen molar-refractivity contribution in [3.05, 3.63) is 84.5 Å². The summed E-state index contributed by atoms with van der Waals surface area (Å²) in [4.78, 5) is 32.0. The number of esters is 1. The predicted octanol–water partition coefficient (Wildman–Crippen LogP) is 2.91. The maximum absolute atomic E-state index is 13.7. The molecular formula is C26H26N2O6S. The summed E-state index contributed by atoms with van der Waals surface area (Å²) in [6.45, 7) is 5.24. The molecule has 0 saturated heterocycles. The van der Waals surface area contributed by atoms with Gasteiger partial charge < -0.3 is 19.3 Å². The minimum absolute atomic E-state index is 0.0572. The van der Waals surface area contributed by atoms with Crippen LogP contribution in [0.4, 0.5) is 0 Å².